The lowest BCUT2D eigenvalue weighted by Gasteiger charge is -2.25. The molecule has 1 aromatic heterocycles. The minimum atomic E-state index is -0.608. The van der Waals surface area contributed by atoms with Gasteiger partial charge in [0, 0.05) is 12.4 Å². The maximum atomic E-state index is 12.2. The van der Waals surface area contributed by atoms with E-state index in [1.165, 1.54) is 0 Å². The molecule has 21 heavy (non-hydrogen) atoms. The zero-order valence-electron chi connectivity index (χ0n) is 13.0. The van der Waals surface area contributed by atoms with Crippen molar-refractivity contribution < 1.29 is 14.3 Å². The lowest BCUT2D eigenvalue weighted by atomic mass is 10.0. The number of rotatable bonds is 5. The number of nitrogens with zero attached hydrogens (tertiary/aromatic N) is 1. The van der Waals surface area contributed by atoms with Gasteiger partial charge in [-0.25, -0.2) is 0 Å². The third-order valence-corrected chi connectivity index (χ3v) is 3.98. The molecule has 2 rings (SSSR count). The molecule has 0 saturated carbocycles. The van der Waals surface area contributed by atoms with Crippen molar-refractivity contribution >= 4 is 16.9 Å². The number of carbonyl (C=O) groups excluding carboxylic acids is 1. The predicted molar refractivity (Wildman–Crippen MR) is 82.9 cm³/mol. The molecule has 1 amide bonds. The fourth-order valence-corrected chi connectivity index (χ4v) is 2.17. The van der Waals surface area contributed by atoms with Gasteiger partial charge >= 0.3 is 0 Å². The van der Waals surface area contributed by atoms with E-state index in [4.69, 9.17) is 4.42 Å². The number of para-hydroxylation sites is 1. The van der Waals surface area contributed by atoms with Crippen LogP contribution in [0, 0.1) is 5.92 Å². The molecular weight excluding hydrogens is 266 g/mol. The summed E-state index contributed by atoms with van der Waals surface area (Å²) in [6.45, 7) is 5.73. The number of benzene rings is 1. The summed E-state index contributed by atoms with van der Waals surface area (Å²) in [6.07, 6.45) is -0.471. The molecule has 2 aromatic rings. The SMILES string of the molecule is CC(C)C(O)CC(=O)N(C)C(C)c1cc2ccccc2o1. The number of fused-ring (bicyclic) bond motifs is 1. The lowest BCUT2D eigenvalue weighted by Crippen LogP contribution is -2.33. The van der Waals surface area contributed by atoms with Gasteiger partial charge in [0.15, 0.2) is 0 Å². The van der Waals surface area contributed by atoms with E-state index in [9.17, 15) is 9.90 Å². The van der Waals surface area contributed by atoms with E-state index in [1.807, 2.05) is 51.1 Å². The summed E-state index contributed by atoms with van der Waals surface area (Å²) in [6, 6.07) is 9.58. The largest absolute Gasteiger partial charge is 0.459 e. The van der Waals surface area contributed by atoms with Crippen LogP contribution >= 0.6 is 0 Å². The summed E-state index contributed by atoms with van der Waals surface area (Å²) in [5.41, 5.74) is 0.822. The zero-order chi connectivity index (χ0) is 15.6. The van der Waals surface area contributed by atoms with Crippen molar-refractivity contribution in [1.82, 2.24) is 4.90 Å². The highest BCUT2D eigenvalue weighted by atomic mass is 16.3. The summed E-state index contributed by atoms with van der Waals surface area (Å²) in [4.78, 5) is 13.8. The summed E-state index contributed by atoms with van der Waals surface area (Å²) in [5.74, 6) is 0.749. The molecule has 0 aliphatic carbocycles. The van der Waals surface area contributed by atoms with Crippen molar-refractivity contribution in [3.05, 3.63) is 36.1 Å². The Kier molecular flexibility index (Phi) is 4.68. The van der Waals surface area contributed by atoms with Crippen LogP contribution in [-0.2, 0) is 4.79 Å². The molecule has 1 aromatic carbocycles. The molecular formula is C17H23NO3. The van der Waals surface area contributed by atoms with Gasteiger partial charge in [-0.05, 0) is 25.0 Å². The standard InChI is InChI=1S/C17H23NO3/c1-11(2)14(19)10-17(20)18(4)12(3)16-9-13-7-5-6-8-15(13)21-16/h5-9,11-12,14,19H,10H2,1-4H3. The van der Waals surface area contributed by atoms with Crippen LogP contribution in [0.4, 0.5) is 0 Å². The molecule has 2 atom stereocenters. The molecule has 2 unspecified atom stereocenters. The molecule has 0 aliphatic heterocycles. The van der Waals surface area contributed by atoms with Crippen LogP contribution in [0.1, 0.15) is 39.0 Å². The van der Waals surface area contributed by atoms with E-state index in [0.29, 0.717) is 0 Å². The average molecular weight is 289 g/mol. The van der Waals surface area contributed by atoms with E-state index in [2.05, 4.69) is 0 Å². The molecule has 0 spiro atoms. The minimum absolute atomic E-state index is 0.0730. The Bertz CT molecular complexity index is 584. The van der Waals surface area contributed by atoms with Crippen LogP contribution in [0.3, 0.4) is 0 Å². The topological polar surface area (TPSA) is 53.7 Å². The van der Waals surface area contributed by atoms with Gasteiger partial charge in [-0.1, -0.05) is 32.0 Å². The Balaban J connectivity index is 2.11. The summed E-state index contributed by atoms with van der Waals surface area (Å²) >= 11 is 0. The Hall–Kier alpha value is -1.81. The Morgan fingerprint density at radius 3 is 2.57 bits per heavy atom. The van der Waals surface area contributed by atoms with Gasteiger partial charge < -0.3 is 14.4 Å². The summed E-state index contributed by atoms with van der Waals surface area (Å²) in [5, 5.41) is 10.9. The summed E-state index contributed by atoms with van der Waals surface area (Å²) < 4.78 is 5.80. The summed E-state index contributed by atoms with van der Waals surface area (Å²) in [7, 11) is 1.74. The predicted octanol–water partition coefficient (Wildman–Crippen LogP) is 3.36. The van der Waals surface area contributed by atoms with Crippen molar-refractivity contribution in [2.45, 2.75) is 39.3 Å². The third-order valence-electron chi connectivity index (χ3n) is 3.98. The molecule has 4 heteroatoms. The lowest BCUT2D eigenvalue weighted by molar-refractivity contribution is -0.134. The average Bonchev–Trinajstić information content (AvgIpc) is 2.89. The first-order valence-electron chi connectivity index (χ1n) is 7.32. The van der Waals surface area contributed by atoms with E-state index in [0.717, 1.165) is 16.7 Å². The van der Waals surface area contributed by atoms with Crippen molar-refractivity contribution in [2.75, 3.05) is 7.05 Å². The number of hydrogen-bond acceptors (Lipinski definition) is 3. The van der Waals surface area contributed by atoms with Gasteiger partial charge in [0.1, 0.15) is 11.3 Å². The second kappa shape index (κ2) is 6.31. The van der Waals surface area contributed by atoms with Gasteiger partial charge in [0.05, 0.1) is 18.6 Å². The number of hydrogen-bond donors (Lipinski definition) is 1. The van der Waals surface area contributed by atoms with E-state index in [1.54, 1.807) is 11.9 Å². The molecule has 0 bridgehead atoms. The second-order valence-corrected chi connectivity index (χ2v) is 5.88. The maximum absolute atomic E-state index is 12.2. The van der Waals surface area contributed by atoms with Crippen molar-refractivity contribution in [2.24, 2.45) is 5.92 Å². The third kappa shape index (κ3) is 3.45. The highest BCUT2D eigenvalue weighted by Gasteiger charge is 2.23. The van der Waals surface area contributed by atoms with Gasteiger partial charge in [0.2, 0.25) is 5.91 Å². The normalized spacial score (nSPS) is 14.4. The molecule has 4 nitrogen and oxygen atoms in total. The number of amides is 1. The zero-order valence-corrected chi connectivity index (χ0v) is 13.0. The Labute approximate surface area is 125 Å². The molecule has 0 saturated heterocycles. The van der Waals surface area contributed by atoms with Crippen LogP contribution in [0.2, 0.25) is 0 Å². The van der Waals surface area contributed by atoms with Gasteiger partial charge in [-0.15, -0.1) is 0 Å². The maximum Gasteiger partial charge on any atom is 0.225 e. The fraction of sp³-hybridized carbons (Fsp3) is 0.471. The molecule has 1 N–H and O–H groups in total. The van der Waals surface area contributed by atoms with Crippen molar-refractivity contribution in [3.8, 4) is 0 Å². The molecule has 114 valence electrons. The van der Waals surface area contributed by atoms with Crippen LogP contribution in [0.25, 0.3) is 11.0 Å². The number of aliphatic hydroxyl groups excluding tert-OH is 1. The van der Waals surface area contributed by atoms with Gasteiger partial charge in [-0.3, -0.25) is 4.79 Å². The molecule has 0 aliphatic rings. The first-order valence-corrected chi connectivity index (χ1v) is 7.32. The Morgan fingerprint density at radius 1 is 1.29 bits per heavy atom. The van der Waals surface area contributed by atoms with Crippen LogP contribution in [0.15, 0.2) is 34.7 Å². The van der Waals surface area contributed by atoms with Crippen molar-refractivity contribution in [3.63, 3.8) is 0 Å². The first kappa shape index (κ1) is 15.6. The second-order valence-electron chi connectivity index (χ2n) is 5.88. The molecule has 0 fully saturated rings. The highest BCUT2D eigenvalue weighted by molar-refractivity contribution is 5.79. The number of carbonyl (C=O) groups is 1. The molecule has 1 heterocycles. The van der Waals surface area contributed by atoms with Crippen LogP contribution < -0.4 is 0 Å². The minimum Gasteiger partial charge on any atom is -0.459 e. The fourth-order valence-electron chi connectivity index (χ4n) is 2.17. The first-order chi connectivity index (χ1) is 9.90. The van der Waals surface area contributed by atoms with E-state index >= 15 is 0 Å². The van der Waals surface area contributed by atoms with Crippen LogP contribution in [0.5, 0.6) is 0 Å². The van der Waals surface area contributed by atoms with Gasteiger partial charge in [0.25, 0.3) is 0 Å². The van der Waals surface area contributed by atoms with Gasteiger partial charge in [-0.2, -0.15) is 0 Å². The Morgan fingerprint density at radius 2 is 1.95 bits per heavy atom. The van der Waals surface area contributed by atoms with E-state index in [-0.39, 0.29) is 24.3 Å². The molecule has 0 radical (unpaired) electrons. The number of aliphatic hydroxyl groups is 1. The van der Waals surface area contributed by atoms with Crippen LogP contribution in [-0.4, -0.2) is 29.1 Å². The smallest absolute Gasteiger partial charge is 0.225 e. The monoisotopic (exact) mass is 289 g/mol. The highest BCUT2D eigenvalue weighted by Crippen LogP contribution is 2.27. The van der Waals surface area contributed by atoms with Crippen molar-refractivity contribution in [1.29, 1.82) is 0 Å². The van der Waals surface area contributed by atoms with E-state index < -0.39 is 6.10 Å². The number of furan rings is 1. The quantitative estimate of drug-likeness (QED) is 0.918.